The number of carbonyl (C=O) groups is 4. The van der Waals surface area contributed by atoms with Crippen LogP contribution in [0.4, 0.5) is 0 Å². The molecular weight excluding hydrogens is 360 g/mol. The third-order valence-corrected chi connectivity index (χ3v) is 4.02. The molecular formula is C17H16N2O6S. The van der Waals surface area contributed by atoms with Crippen molar-refractivity contribution in [2.45, 2.75) is 6.04 Å². The molecule has 0 saturated heterocycles. The van der Waals surface area contributed by atoms with Crippen LogP contribution in [0.15, 0.2) is 47.8 Å². The zero-order valence-corrected chi connectivity index (χ0v) is 14.3. The number of aliphatic hydroxyl groups excluding tert-OH is 1. The summed E-state index contributed by atoms with van der Waals surface area (Å²) in [5.74, 6) is -2.98. The van der Waals surface area contributed by atoms with Gasteiger partial charge in [-0.15, -0.1) is 11.3 Å². The molecule has 0 aliphatic carbocycles. The van der Waals surface area contributed by atoms with E-state index in [9.17, 15) is 24.3 Å². The number of nitrogens with one attached hydrogen (secondary N) is 2. The van der Waals surface area contributed by atoms with E-state index >= 15 is 0 Å². The minimum atomic E-state index is -1.33. The molecule has 0 bridgehead atoms. The molecule has 136 valence electrons. The van der Waals surface area contributed by atoms with E-state index in [-0.39, 0.29) is 0 Å². The van der Waals surface area contributed by atoms with Gasteiger partial charge in [0.1, 0.15) is 0 Å². The molecule has 9 heteroatoms. The van der Waals surface area contributed by atoms with Gasteiger partial charge in [-0.05, 0) is 23.6 Å². The van der Waals surface area contributed by atoms with Gasteiger partial charge in [0.2, 0.25) is 0 Å². The van der Waals surface area contributed by atoms with Gasteiger partial charge in [-0.3, -0.25) is 19.7 Å². The van der Waals surface area contributed by atoms with Crippen molar-refractivity contribution in [3.05, 3.63) is 58.3 Å². The van der Waals surface area contributed by atoms with Crippen LogP contribution in [0.2, 0.25) is 0 Å². The van der Waals surface area contributed by atoms with Crippen LogP contribution in [0, 0.1) is 0 Å². The number of hydrogen-bond donors (Lipinski definition) is 3. The minimum absolute atomic E-state index is 0.304. The predicted molar refractivity (Wildman–Crippen MR) is 92.5 cm³/mol. The zero-order valence-electron chi connectivity index (χ0n) is 13.5. The second kappa shape index (κ2) is 9.44. The Labute approximate surface area is 152 Å². The SMILES string of the molecule is O=C(COC(=O)C(CO)NC(=O)c1ccccc1)NC(=O)c1cccs1. The van der Waals surface area contributed by atoms with E-state index in [4.69, 9.17) is 4.74 Å². The number of amides is 3. The van der Waals surface area contributed by atoms with Crippen molar-refractivity contribution in [3.63, 3.8) is 0 Å². The molecule has 1 atom stereocenters. The van der Waals surface area contributed by atoms with E-state index in [1.165, 1.54) is 0 Å². The average Bonchev–Trinajstić information content (AvgIpc) is 3.19. The minimum Gasteiger partial charge on any atom is -0.454 e. The lowest BCUT2D eigenvalue weighted by atomic mass is 10.2. The molecule has 26 heavy (non-hydrogen) atoms. The van der Waals surface area contributed by atoms with Crippen LogP contribution in [0.1, 0.15) is 20.0 Å². The molecule has 3 amide bonds. The van der Waals surface area contributed by atoms with Gasteiger partial charge in [-0.25, -0.2) is 4.79 Å². The number of esters is 1. The number of carbonyl (C=O) groups excluding carboxylic acids is 4. The number of thiophene rings is 1. The van der Waals surface area contributed by atoms with Crippen LogP contribution in [-0.2, 0) is 14.3 Å². The highest BCUT2D eigenvalue weighted by molar-refractivity contribution is 7.12. The Bertz CT molecular complexity index is 776. The Kier molecular flexibility index (Phi) is 7.01. The highest BCUT2D eigenvalue weighted by Crippen LogP contribution is 2.07. The molecule has 3 N–H and O–H groups in total. The summed E-state index contributed by atoms with van der Waals surface area (Å²) in [6.45, 7) is -1.42. The average molecular weight is 376 g/mol. The second-order valence-electron chi connectivity index (χ2n) is 5.04. The van der Waals surface area contributed by atoms with Crippen molar-refractivity contribution < 1.29 is 29.0 Å². The summed E-state index contributed by atoms with van der Waals surface area (Å²) >= 11 is 1.16. The van der Waals surface area contributed by atoms with E-state index in [0.717, 1.165) is 11.3 Å². The first-order chi connectivity index (χ1) is 12.5. The molecule has 2 rings (SSSR count). The summed E-state index contributed by atoms with van der Waals surface area (Å²) in [6.07, 6.45) is 0. The lowest BCUT2D eigenvalue weighted by Gasteiger charge is -2.15. The third-order valence-electron chi connectivity index (χ3n) is 3.15. The smallest absolute Gasteiger partial charge is 0.331 e. The van der Waals surface area contributed by atoms with E-state index in [0.29, 0.717) is 10.4 Å². The first kappa shape index (κ1) is 19.3. The van der Waals surface area contributed by atoms with E-state index in [1.807, 2.05) is 0 Å². The van der Waals surface area contributed by atoms with Crippen molar-refractivity contribution in [1.82, 2.24) is 10.6 Å². The number of benzene rings is 1. The van der Waals surface area contributed by atoms with Crippen LogP contribution in [-0.4, -0.2) is 48.1 Å². The maximum atomic E-state index is 12.0. The van der Waals surface area contributed by atoms with Crippen LogP contribution in [0.3, 0.4) is 0 Å². The summed E-state index contributed by atoms with van der Waals surface area (Å²) in [6, 6.07) is 9.98. The molecule has 0 spiro atoms. The van der Waals surface area contributed by atoms with Gasteiger partial charge >= 0.3 is 5.97 Å². The van der Waals surface area contributed by atoms with E-state index in [2.05, 4.69) is 10.6 Å². The predicted octanol–water partition coefficient (Wildman–Crippen LogP) is 0.339. The molecule has 0 fully saturated rings. The van der Waals surface area contributed by atoms with Crippen molar-refractivity contribution >= 4 is 35.0 Å². The Hall–Kier alpha value is -3.04. The highest BCUT2D eigenvalue weighted by Gasteiger charge is 2.23. The largest absolute Gasteiger partial charge is 0.454 e. The number of rotatable bonds is 7. The Balaban J connectivity index is 1.82. The Morgan fingerprint density at radius 2 is 1.77 bits per heavy atom. The normalized spacial score (nSPS) is 11.3. The molecule has 2 aromatic rings. The lowest BCUT2D eigenvalue weighted by Crippen LogP contribution is -2.45. The molecule has 1 heterocycles. The van der Waals surface area contributed by atoms with E-state index in [1.54, 1.807) is 47.8 Å². The first-order valence-electron chi connectivity index (χ1n) is 7.52. The monoisotopic (exact) mass is 376 g/mol. The van der Waals surface area contributed by atoms with Gasteiger partial charge in [0.15, 0.2) is 12.6 Å². The number of ether oxygens (including phenoxy) is 1. The fourth-order valence-electron chi connectivity index (χ4n) is 1.88. The van der Waals surface area contributed by atoms with Gasteiger partial charge in [0, 0.05) is 5.56 Å². The topological polar surface area (TPSA) is 122 Å². The number of aliphatic hydroxyl groups is 1. The molecule has 0 saturated carbocycles. The quantitative estimate of drug-likeness (QED) is 0.599. The van der Waals surface area contributed by atoms with Gasteiger partial charge in [-0.2, -0.15) is 0 Å². The summed E-state index contributed by atoms with van der Waals surface area (Å²) in [5.41, 5.74) is 0.304. The van der Waals surface area contributed by atoms with Gasteiger partial charge < -0.3 is 15.2 Å². The molecule has 1 aromatic carbocycles. The maximum Gasteiger partial charge on any atom is 0.331 e. The van der Waals surface area contributed by atoms with Gasteiger partial charge in [0.25, 0.3) is 17.7 Å². The van der Waals surface area contributed by atoms with Crippen LogP contribution < -0.4 is 10.6 Å². The molecule has 1 unspecified atom stereocenters. The molecule has 8 nitrogen and oxygen atoms in total. The maximum absolute atomic E-state index is 12.0. The number of hydrogen-bond acceptors (Lipinski definition) is 7. The fraction of sp³-hybridized carbons (Fsp3) is 0.176. The van der Waals surface area contributed by atoms with Crippen molar-refractivity contribution in [1.29, 1.82) is 0 Å². The summed E-state index contributed by atoms with van der Waals surface area (Å²) in [5, 5.41) is 15.3. The second-order valence-corrected chi connectivity index (χ2v) is 5.98. The van der Waals surface area contributed by atoms with Crippen LogP contribution in [0.5, 0.6) is 0 Å². The molecule has 1 aromatic heterocycles. The van der Waals surface area contributed by atoms with Crippen molar-refractivity contribution in [3.8, 4) is 0 Å². The first-order valence-corrected chi connectivity index (χ1v) is 8.40. The van der Waals surface area contributed by atoms with Crippen LogP contribution in [0.25, 0.3) is 0 Å². The standard InChI is InChI=1S/C17H16N2O6S/c20-9-12(18-15(22)11-5-2-1-3-6-11)17(24)25-10-14(21)19-16(23)13-7-4-8-26-13/h1-8,12,20H,9-10H2,(H,18,22)(H,19,21,23). The molecule has 0 aliphatic rings. The zero-order chi connectivity index (χ0) is 18.9. The van der Waals surface area contributed by atoms with Crippen molar-refractivity contribution in [2.75, 3.05) is 13.2 Å². The summed E-state index contributed by atoms with van der Waals surface area (Å²) < 4.78 is 4.74. The van der Waals surface area contributed by atoms with Gasteiger partial charge in [-0.1, -0.05) is 24.3 Å². The van der Waals surface area contributed by atoms with Crippen LogP contribution >= 0.6 is 11.3 Å². The Morgan fingerprint density at radius 1 is 1.04 bits per heavy atom. The van der Waals surface area contributed by atoms with Crippen molar-refractivity contribution in [2.24, 2.45) is 0 Å². The Morgan fingerprint density at radius 3 is 2.38 bits per heavy atom. The summed E-state index contributed by atoms with van der Waals surface area (Å²) in [4.78, 5) is 47.6. The van der Waals surface area contributed by atoms with E-state index < -0.39 is 42.9 Å². The molecule has 0 radical (unpaired) electrons. The summed E-state index contributed by atoms with van der Waals surface area (Å²) in [7, 11) is 0. The number of imide groups is 1. The fourth-order valence-corrected chi connectivity index (χ4v) is 2.50. The van der Waals surface area contributed by atoms with Gasteiger partial charge in [0.05, 0.1) is 11.5 Å². The molecule has 0 aliphatic heterocycles. The lowest BCUT2D eigenvalue weighted by molar-refractivity contribution is -0.151. The highest BCUT2D eigenvalue weighted by atomic mass is 32.1. The third kappa shape index (κ3) is 5.50.